The number of carbonyl (C=O) groups excluding carboxylic acids is 2. The maximum absolute atomic E-state index is 13.2. The minimum Gasteiger partial charge on any atom is -0.449 e. The normalized spacial score (nSPS) is 12.2. The van der Waals surface area contributed by atoms with E-state index in [-0.39, 0.29) is 21.8 Å². The summed E-state index contributed by atoms with van der Waals surface area (Å²) in [5.41, 5.74) is -3.09. The van der Waals surface area contributed by atoms with Crippen LogP contribution in [0.25, 0.3) is 0 Å². The molecule has 0 bridgehead atoms. The maximum Gasteiger partial charge on any atom is 0.418 e. The number of benzene rings is 1. The standard InChI is InChI=1S/C16H10Cl2F3N3O5/c1-7(29-15(26)8-4-11(17)13(18)22-6-8)14(25)23-12-3-2-9(24(27)28)5-10(12)16(19,20)21/h2-7H,1H3,(H,23,25). The van der Waals surface area contributed by atoms with Gasteiger partial charge in [-0.3, -0.25) is 14.9 Å². The molecule has 1 atom stereocenters. The van der Waals surface area contributed by atoms with Crippen molar-refractivity contribution in [3.8, 4) is 0 Å². The number of nitrogens with one attached hydrogen (secondary N) is 1. The summed E-state index contributed by atoms with van der Waals surface area (Å²) < 4.78 is 44.3. The maximum atomic E-state index is 13.2. The Hall–Kier alpha value is -2.92. The molecule has 29 heavy (non-hydrogen) atoms. The van der Waals surface area contributed by atoms with Gasteiger partial charge in [-0.15, -0.1) is 0 Å². The molecule has 1 unspecified atom stereocenters. The van der Waals surface area contributed by atoms with Gasteiger partial charge in [0.2, 0.25) is 0 Å². The predicted molar refractivity (Wildman–Crippen MR) is 95.9 cm³/mol. The molecule has 154 valence electrons. The Labute approximate surface area is 170 Å². The Balaban J connectivity index is 2.17. The number of anilines is 1. The van der Waals surface area contributed by atoms with Crippen LogP contribution < -0.4 is 5.32 Å². The fourth-order valence-electron chi connectivity index (χ4n) is 2.04. The first-order chi connectivity index (χ1) is 13.4. The van der Waals surface area contributed by atoms with Gasteiger partial charge in [-0.05, 0) is 19.1 Å². The van der Waals surface area contributed by atoms with Crippen LogP contribution in [0.3, 0.4) is 0 Å². The molecule has 13 heteroatoms. The highest BCUT2D eigenvalue weighted by atomic mass is 35.5. The number of nitrogens with zero attached hydrogens (tertiary/aromatic N) is 2. The van der Waals surface area contributed by atoms with Crippen LogP contribution >= 0.6 is 23.2 Å². The van der Waals surface area contributed by atoms with Crippen molar-refractivity contribution in [1.82, 2.24) is 4.98 Å². The Morgan fingerprint density at radius 2 is 1.93 bits per heavy atom. The molecule has 0 aliphatic heterocycles. The van der Waals surface area contributed by atoms with Crippen molar-refractivity contribution in [1.29, 1.82) is 0 Å². The highest BCUT2D eigenvalue weighted by Gasteiger charge is 2.36. The largest absolute Gasteiger partial charge is 0.449 e. The smallest absolute Gasteiger partial charge is 0.418 e. The minimum atomic E-state index is -4.97. The number of hydrogen-bond donors (Lipinski definition) is 1. The Morgan fingerprint density at radius 1 is 1.28 bits per heavy atom. The molecule has 0 spiro atoms. The van der Waals surface area contributed by atoms with Gasteiger partial charge in [0.25, 0.3) is 11.6 Å². The summed E-state index contributed by atoms with van der Waals surface area (Å²) in [5.74, 6) is -2.11. The number of aromatic nitrogens is 1. The molecule has 2 rings (SSSR count). The molecule has 8 nitrogen and oxygen atoms in total. The van der Waals surface area contributed by atoms with E-state index >= 15 is 0 Å². The van der Waals surface area contributed by atoms with Crippen LogP contribution in [0, 0.1) is 10.1 Å². The fraction of sp³-hybridized carbons (Fsp3) is 0.188. The lowest BCUT2D eigenvalue weighted by molar-refractivity contribution is -0.385. The van der Waals surface area contributed by atoms with Crippen LogP contribution in [0.15, 0.2) is 30.5 Å². The van der Waals surface area contributed by atoms with E-state index in [4.69, 9.17) is 27.9 Å². The summed E-state index contributed by atoms with van der Waals surface area (Å²) in [6.45, 7) is 1.12. The van der Waals surface area contributed by atoms with Gasteiger partial charge in [0.15, 0.2) is 6.10 Å². The van der Waals surface area contributed by atoms with Gasteiger partial charge >= 0.3 is 12.1 Å². The summed E-state index contributed by atoms with van der Waals surface area (Å²) in [7, 11) is 0. The molecule has 0 fully saturated rings. The molecule has 1 aromatic carbocycles. The molecular formula is C16H10Cl2F3N3O5. The minimum absolute atomic E-state index is 0.0427. The predicted octanol–water partition coefficient (Wildman–Crippen LogP) is 4.50. The molecule has 1 aromatic heterocycles. The molecule has 0 aliphatic rings. The number of halogens is 5. The van der Waals surface area contributed by atoms with Crippen molar-refractivity contribution in [2.45, 2.75) is 19.2 Å². The van der Waals surface area contributed by atoms with Crippen molar-refractivity contribution in [2.24, 2.45) is 0 Å². The van der Waals surface area contributed by atoms with E-state index in [2.05, 4.69) is 4.98 Å². The quantitative estimate of drug-likeness (QED) is 0.310. The van der Waals surface area contributed by atoms with Gasteiger partial charge in [-0.25, -0.2) is 9.78 Å². The molecule has 1 heterocycles. The third kappa shape index (κ3) is 5.55. The zero-order valence-corrected chi connectivity index (χ0v) is 15.8. The summed E-state index contributed by atoms with van der Waals surface area (Å²) in [5, 5.41) is 12.5. The van der Waals surface area contributed by atoms with Crippen LogP contribution in [0.2, 0.25) is 10.2 Å². The van der Waals surface area contributed by atoms with Crippen LogP contribution in [-0.4, -0.2) is 27.9 Å². The lowest BCUT2D eigenvalue weighted by Crippen LogP contribution is -2.30. The van der Waals surface area contributed by atoms with Crippen LogP contribution in [-0.2, 0) is 15.7 Å². The second-order valence-corrected chi connectivity index (χ2v) is 6.28. The van der Waals surface area contributed by atoms with E-state index in [1.807, 2.05) is 5.32 Å². The molecule has 0 aliphatic carbocycles. The van der Waals surface area contributed by atoms with Crippen molar-refractivity contribution in [2.75, 3.05) is 5.32 Å². The average molecular weight is 452 g/mol. The average Bonchev–Trinajstić information content (AvgIpc) is 2.62. The summed E-state index contributed by atoms with van der Waals surface area (Å²) in [6, 6.07) is 2.95. The SMILES string of the molecule is CC(OC(=O)c1cnc(Cl)c(Cl)c1)C(=O)Nc1ccc([N+](=O)[O-])cc1C(F)(F)F. The fourth-order valence-corrected chi connectivity index (χ4v) is 2.31. The number of non-ortho nitro benzene ring substituents is 1. The Kier molecular flexibility index (Phi) is 6.65. The van der Waals surface area contributed by atoms with E-state index in [9.17, 15) is 32.9 Å². The van der Waals surface area contributed by atoms with Crippen LogP contribution in [0.1, 0.15) is 22.8 Å². The summed E-state index contributed by atoms with van der Waals surface area (Å²) in [4.78, 5) is 37.5. The molecule has 1 N–H and O–H groups in total. The number of pyridine rings is 1. The van der Waals surface area contributed by atoms with Crippen molar-refractivity contribution in [3.63, 3.8) is 0 Å². The Bertz CT molecular complexity index is 985. The summed E-state index contributed by atoms with van der Waals surface area (Å²) >= 11 is 11.3. The van der Waals surface area contributed by atoms with Gasteiger partial charge in [-0.2, -0.15) is 13.2 Å². The van der Waals surface area contributed by atoms with Crippen molar-refractivity contribution < 1.29 is 32.4 Å². The van der Waals surface area contributed by atoms with Gasteiger partial charge < -0.3 is 10.1 Å². The number of hydrogen-bond acceptors (Lipinski definition) is 6. The number of nitro benzene ring substituents is 1. The van der Waals surface area contributed by atoms with Crippen molar-refractivity contribution in [3.05, 3.63) is 61.9 Å². The van der Waals surface area contributed by atoms with E-state index in [1.54, 1.807) is 0 Å². The zero-order chi connectivity index (χ0) is 21.9. The van der Waals surface area contributed by atoms with Gasteiger partial charge in [0.1, 0.15) is 5.15 Å². The molecule has 2 aromatic rings. The monoisotopic (exact) mass is 451 g/mol. The summed E-state index contributed by atoms with van der Waals surface area (Å²) in [6.07, 6.45) is -5.44. The second-order valence-electron chi connectivity index (χ2n) is 5.52. The topological polar surface area (TPSA) is 111 Å². The third-order valence-corrected chi connectivity index (χ3v) is 4.15. The highest BCUT2D eigenvalue weighted by Crippen LogP contribution is 2.37. The number of amides is 1. The molecule has 0 radical (unpaired) electrons. The van der Waals surface area contributed by atoms with Gasteiger partial charge in [-0.1, -0.05) is 23.2 Å². The van der Waals surface area contributed by atoms with Gasteiger partial charge in [0, 0.05) is 18.3 Å². The van der Waals surface area contributed by atoms with E-state index in [1.165, 1.54) is 0 Å². The first-order valence-electron chi connectivity index (χ1n) is 7.58. The molecule has 1 amide bonds. The first kappa shape index (κ1) is 22.4. The molecule has 0 saturated heterocycles. The number of nitro groups is 1. The zero-order valence-electron chi connectivity index (χ0n) is 14.3. The van der Waals surface area contributed by atoms with E-state index in [0.717, 1.165) is 31.3 Å². The number of rotatable bonds is 5. The van der Waals surface area contributed by atoms with Crippen LogP contribution in [0.4, 0.5) is 24.5 Å². The number of ether oxygens (including phenoxy) is 1. The van der Waals surface area contributed by atoms with Gasteiger partial charge in [0.05, 0.1) is 26.8 Å². The molecule has 0 saturated carbocycles. The van der Waals surface area contributed by atoms with E-state index < -0.39 is 46.0 Å². The molecular weight excluding hydrogens is 442 g/mol. The number of carbonyl (C=O) groups is 2. The van der Waals surface area contributed by atoms with E-state index in [0.29, 0.717) is 0 Å². The number of esters is 1. The lowest BCUT2D eigenvalue weighted by atomic mass is 10.1. The number of alkyl halides is 3. The third-order valence-electron chi connectivity index (χ3n) is 3.46. The Morgan fingerprint density at radius 3 is 2.48 bits per heavy atom. The lowest BCUT2D eigenvalue weighted by Gasteiger charge is -2.17. The second kappa shape index (κ2) is 8.62. The first-order valence-corrected chi connectivity index (χ1v) is 8.34. The highest BCUT2D eigenvalue weighted by molar-refractivity contribution is 6.41. The van der Waals surface area contributed by atoms with Crippen molar-refractivity contribution >= 4 is 46.5 Å². The van der Waals surface area contributed by atoms with Crippen LogP contribution in [0.5, 0.6) is 0 Å².